The fourth-order valence-electron chi connectivity index (χ4n) is 2.15. The first kappa shape index (κ1) is 17.9. The van der Waals surface area contributed by atoms with Crippen molar-refractivity contribution in [2.45, 2.75) is 32.7 Å². The fraction of sp³-hybridized carbons (Fsp3) is 0.278. The van der Waals surface area contributed by atoms with Crippen molar-refractivity contribution in [3.63, 3.8) is 0 Å². The molecule has 126 valence electrons. The van der Waals surface area contributed by atoms with Crippen LogP contribution in [-0.4, -0.2) is 21.5 Å². The van der Waals surface area contributed by atoms with Crippen molar-refractivity contribution in [1.82, 2.24) is 9.78 Å². The molecule has 5 nitrogen and oxygen atoms in total. The Morgan fingerprint density at radius 1 is 1.29 bits per heavy atom. The normalized spacial score (nSPS) is 10.9. The van der Waals surface area contributed by atoms with Gasteiger partial charge in [0.25, 0.3) is 0 Å². The second kappa shape index (κ2) is 9.03. The molecule has 0 bridgehead atoms. The van der Waals surface area contributed by atoms with Crippen molar-refractivity contribution >= 4 is 35.2 Å². The Kier molecular flexibility index (Phi) is 6.75. The quantitative estimate of drug-likeness (QED) is 0.582. The first-order valence-electron chi connectivity index (χ1n) is 7.80. The van der Waals surface area contributed by atoms with Gasteiger partial charge < -0.3 is 10.1 Å². The van der Waals surface area contributed by atoms with Gasteiger partial charge in [0, 0.05) is 36.3 Å². The third-order valence-corrected chi connectivity index (χ3v) is 3.57. The van der Waals surface area contributed by atoms with Crippen LogP contribution in [0.2, 0.25) is 5.02 Å². The van der Waals surface area contributed by atoms with E-state index < -0.39 is 0 Å². The molecule has 1 aromatic heterocycles. The van der Waals surface area contributed by atoms with Gasteiger partial charge in [-0.05, 0) is 43.5 Å². The summed E-state index contributed by atoms with van der Waals surface area (Å²) in [6.45, 7) is 2.32. The van der Waals surface area contributed by atoms with E-state index in [4.69, 9.17) is 11.6 Å². The van der Waals surface area contributed by atoms with Gasteiger partial charge >= 0.3 is 0 Å². The number of amides is 1. The van der Waals surface area contributed by atoms with E-state index >= 15 is 0 Å². The van der Waals surface area contributed by atoms with Crippen molar-refractivity contribution in [1.29, 1.82) is 0 Å². The zero-order chi connectivity index (χ0) is 17.4. The molecule has 1 amide bonds. The topological polar surface area (TPSA) is 64.0 Å². The molecule has 0 spiro atoms. The van der Waals surface area contributed by atoms with Crippen LogP contribution in [0, 0.1) is 0 Å². The molecule has 0 aliphatic rings. The summed E-state index contributed by atoms with van der Waals surface area (Å²) in [5, 5.41) is 7.62. The number of halogens is 1. The van der Waals surface area contributed by atoms with Gasteiger partial charge in [-0.1, -0.05) is 23.7 Å². The highest BCUT2D eigenvalue weighted by Crippen LogP contribution is 2.12. The third kappa shape index (κ3) is 6.38. The summed E-state index contributed by atoms with van der Waals surface area (Å²) >= 11 is 5.90. The molecular formula is C18H20ClN3O2. The van der Waals surface area contributed by atoms with Crippen LogP contribution in [0.3, 0.4) is 0 Å². The predicted molar refractivity (Wildman–Crippen MR) is 95.9 cm³/mol. The summed E-state index contributed by atoms with van der Waals surface area (Å²) in [5.74, 6) is 0.453. The maximum atomic E-state index is 11.9. The molecule has 0 aliphatic heterocycles. The molecule has 0 fully saturated rings. The second-order valence-electron chi connectivity index (χ2n) is 5.50. The SMILES string of the molecule is CC(=O)CCCCn1ccc(NC(=O)C=Cc2cccc(Cl)c2)n1. The summed E-state index contributed by atoms with van der Waals surface area (Å²) in [6, 6.07) is 9.00. The lowest BCUT2D eigenvalue weighted by Crippen LogP contribution is -2.09. The number of Topliss-reactive ketones (excluding diaryl/α,β-unsaturated/α-hetero) is 1. The van der Waals surface area contributed by atoms with E-state index in [0.717, 1.165) is 24.9 Å². The van der Waals surface area contributed by atoms with E-state index in [9.17, 15) is 9.59 Å². The van der Waals surface area contributed by atoms with Crippen LogP contribution in [0.4, 0.5) is 5.82 Å². The molecule has 0 saturated heterocycles. The van der Waals surface area contributed by atoms with E-state index in [1.165, 1.54) is 6.08 Å². The number of nitrogens with zero attached hydrogens (tertiary/aromatic N) is 2. The average Bonchev–Trinajstić information content (AvgIpc) is 2.97. The van der Waals surface area contributed by atoms with Gasteiger partial charge in [-0.25, -0.2) is 0 Å². The molecule has 0 aliphatic carbocycles. The highest BCUT2D eigenvalue weighted by Gasteiger charge is 2.02. The number of carbonyl (C=O) groups excluding carboxylic acids is 2. The predicted octanol–water partition coefficient (Wildman–Crippen LogP) is 3.95. The number of anilines is 1. The molecule has 0 radical (unpaired) electrons. The fourth-order valence-corrected chi connectivity index (χ4v) is 2.35. The summed E-state index contributed by atoms with van der Waals surface area (Å²) in [7, 11) is 0. The van der Waals surface area contributed by atoms with Gasteiger partial charge in [0.2, 0.25) is 5.91 Å². The van der Waals surface area contributed by atoms with Gasteiger partial charge in [-0.15, -0.1) is 0 Å². The zero-order valence-corrected chi connectivity index (χ0v) is 14.3. The standard InChI is InChI=1S/C18H20ClN3O2/c1-14(23)5-2-3-11-22-12-10-17(21-22)20-18(24)9-8-15-6-4-7-16(19)13-15/h4,6-10,12-13H,2-3,5,11H2,1H3,(H,20,21,24). The number of benzene rings is 1. The average molecular weight is 346 g/mol. The van der Waals surface area contributed by atoms with Crippen LogP contribution >= 0.6 is 11.6 Å². The van der Waals surface area contributed by atoms with Crippen molar-refractivity contribution in [3.05, 3.63) is 53.2 Å². The van der Waals surface area contributed by atoms with E-state index in [-0.39, 0.29) is 11.7 Å². The molecule has 1 aromatic carbocycles. The number of rotatable bonds is 8. The molecule has 0 saturated carbocycles. The molecule has 1 N–H and O–H groups in total. The summed E-state index contributed by atoms with van der Waals surface area (Å²) < 4.78 is 1.76. The monoisotopic (exact) mass is 345 g/mol. The second-order valence-corrected chi connectivity index (χ2v) is 5.94. The van der Waals surface area contributed by atoms with Crippen LogP contribution in [0.15, 0.2) is 42.6 Å². The summed E-state index contributed by atoms with van der Waals surface area (Å²) in [6.07, 6.45) is 7.27. The smallest absolute Gasteiger partial charge is 0.249 e. The van der Waals surface area contributed by atoms with Gasteiger partial charge in [0.05, 0.1) is 0 Å². The maximum Gasteiger partial charge on any atom is 0.249 e. The molecular weight excluding hydrogens is 326 g/mol. The van der Waals surface area contributed by atoms with Crippen molar-refractivity contribution in [2.24, 2.45) is 0 Å². The number of hydrogen-bond donors (Lipinski definition) is 1. The van der Waals surface area contributed by atoms with Crippen molar-refractivity contribution in [2.75, 3.05) is 5.32 Å². The maximum absolute atomic E-state index is 11.9. The van der Waals surface area contributed by atoms with Crippen LogP contribution in [-0.2, 0) is 16.1 Å². The lowest BCUT2D eigenvalue weighted by atomic mass is 10.2. The number of nitrogens with one attached hydrogen (secondary N) is 1. The lowest BCUT2D eigenvalue weighted by molar-refractivity contribution is -0.117. The number of aryl methyl sites for hydroxylation is 1. The number of aromatic nitrogens is 2. The van der Waals surface area contributed by atoms with E-state index in [1.807, 2.05) is 18.3 Å². The van der Waals surface area contributed by atoms with Crippen LogP contribution < -0.4 is 5.32 Å². The molecule has 1 heterocycles. The minimum Gasteiger partial charge on any atom is -0.306 e. The van der Waals surface area contributed by atoms with E-state index in [2.05, 4.69) is 10.4 Å². The van der Waals surface area contributed by atoms with Crippen LogP contribution in [0.5, 0.6) is 0 Å². The molecule has 2 rings (SSSR count). The first-order valence-corrected chi connectivity index (χ1v) is 8.18. The largest absolute Gasteiger partial charge is 0.306 e. The Balaban J connectivity index is 1.81. The highest BCUT2D eigenvalue weighted by atomic mass is 35.5. The third-order valence-electron chi connectivity index (χ3n) is 3.33. The molecule has 0 atom stereocenters. The highest BCUT2D eigenvalue weighted by molar-refractivity contribution is 6.30. The van der Waals surface area contributed by atoms with Gasteiger partial charge in [0.15, 0.2) is 5.82 Å². The number of carbonyl (C=O) groups is 2. The molecule has 2 aromatic rings. The Labute approximate surface area is 146 Å². The lowest BCUT2D eigenvalue weighted by Gasteiger charge is -2.01. The van der Waals surface area contributed by atoms with E-state index in [1.54, 1.807) is 35.9 Å². The minimum atomic E-state index is -0.253. The van der Waals surface area contributed by atoms with Gasteiger partial charge in [-0.2, -0.15) is 5.10 Å². The molecule has 24 heavy (non-hydrogen) atoms. The van der Waals surface area contributed by atoms with E-state index in [0.29, 0.717) is 17.3 Å². The summed E-state index contributed by atoms with van der Waals surface area (Å²) in [4.78, 5) is 22.8. The number of unbranched alkanes of at least 4 members (excludes halogenated alkanes) is 1. The minimum absolute atomic E-state index is 0.204. The summed E-state index contributed by atoms with van der Waals surface area (Å²) in [5.41, 5.74) is 0.855. The number of hydrogen-bond acceptors (Lipinski definition) is 3. The number of ketones is 1. The van der Waals surface area contributed by atoms with Crippen molar-refractivity contribution < 1.29 is 9.59 Å². The van der Waals surface area contributed by atoms with Crippen molar-refractivity contribution in [3.8, 4) is 0 Å². The Morgan fingerprint density at radius 3 is 2.88 bits per heavy atom. The first-order chi connectivity index (χ1) is 11.5. The van der Waals surface area contributed by atoms with Crippen LogP contribution in [0.1, 0.15) is 31.7 Å². The Morgan fingerprint density at radius 2 is 2.12 bits per heavy atom. The van der Waals surface area contributed by atoms with Gasteiger partial charge in [-0.3, -0.25) is 9.48 Å². The van der Waals surface area contributed by atoms with Crippen LogP contribution in [0.25, 0.3) is 6.08 Å². The Hall–Kier alpha value is -2.40. The molecule has 6 heteroatoms. The Bertz CT molecular complexity index is 737. The van der Waals surface area contributed by atoms with Gasteiger partial charge in [0.1, 0.15) is 5.78 Å². The molecule has 0 unspecified atom stereocenters. The zero-order valence-electron chi connectivity index (χ0n) is 13.5.